The number of nitrogens with one attached hydrogen (secondary N) is 1. The molecule has 0 saturated heterocycles. The second-order valence-electron chi connectivity index (χ2n) is 4.85. The van der Waals surface area contributed by atoms with Gasteiger partial charge in [-0.05, 0) is 57.2 Å². The van der Waals surface area contributed by atoms with E-state index in [9.17, 15) is 0 Å². The van der Waals surface area contributed by atoms with Gasteiger partial charge in [-0.1, -0.05) is 23.8 Å². The van der Waals surface area contributed by atoms with E-state index in [1.165, 1.54) is 24.8 Å². The molecular weight excluding hydrogens is 182 g/mol. The van der Waals surface area contributed by atoms with Crippen molar-refractivity contribution >= 4 is 0 Å². The van der Waals surface area contributed by atoms with Crippen molar-refractivity contribution in [3.8, 4) is 0 Å². The first-order valence-electron chi connectivity index (χ1n) is 5.96. The Kier molecular flexibility index (Phi) is 3.11. The molecule has 1 aliphatic rings. The van der Waals surface area contributed by atoms with Crippen molar-refractivity contribution in [3.05, 3.63) is 34.9 Å². The molecule has 0 saturated carbocycles. The molecule has 0 amide bonds. The van der Waals surface area contributed by atoms with Crippen molar-refractivity contribution in [1.29, 1.82) is 0 Å². The standard InChI is InChI=1S/C14H21N/c1-10-4-5-12-6-7-13(11(2)15-3)9-14(12)8-10/h4-5,8,11,13,15H,6-7,9H2,1-3H3. The minimum Gasteiger partial charge on any atom is -0.317 e. The van der Waals surface area contributed by atoms with Crippen LogP contribution in [0, 0.1) is 12.8 Å². The average Bonchev–Trinajstić information content (AvgIpc) is 2.27. The Morgan fingerprint density at radius 1 is 1.33 bits per heavy atom. The Hall–Kier alpha value is -0.820. The topological polar surface area (TPSA) is 12.0 Å². The van der Waals surface area contributed by atoms with Crippen LogP contribution in [-0.2, 0) is 12.8 Å². The molecule has 2 atom stereocenters. The van der Waals surface area contributed by atoms with E-state index in [4.69, 9.17) is 0 Å². The Labute approximate surface area is 92.9 Å². The fourth-order valence-corrected chi connectivity index (χ4v) is 2.58. The third-order valence-corrected chi connectivity index (χ3v) is 3.79. The van der Waals surface area contributed by atoms with Crippen molar-refractivity contribution in [2.45, 2.75) is 39.2 Å². The number of fused-ring (bicyclic) bond motifs is 1. The Morgan fingerprint density at radius 3 is 2.87 bits per heavy atom. The maximum atomic E-state index is 3.38. The first-order chi connectivity index (χ1) is 7.20. The summed E-state index contributed by atoms with van der Waals surface area (Å²) in [7, 11) is 2.07. The Bertz CT molecular complexity index is 343. The summed E-state index contributed by atoms with van der Waals surface area (Å²) in [4.78, 5) is 0. The number of benzene rings is 1. The fourth-order valence-electron chi connectivity index (χ4n) is 2.58. The number of hydrogen-bond acceptors (Lipinski definition) is 1. The first-order valence-corrected chi connectivity index (χ1v) is 5.96. The largest absolute Gasteiger partial charge is 0.317 e. The highest BCUT2D eigenvalue weighted by Gasteiger charge is 2.22. The van der Waals surface area contributed by atoms with Gasteiger partial charge in [0.2, 0.25) is 0 Å². The number of rotatable bonds is 2. The van der Waals surface area contributed by atoms with E-state index in [-0.39, 0.29) is 0 Å². The summed E-state index contributed by atoms with van der Waals surface area (Å²) in [5, 5.41) is 3.38. The lowest BCUT2D eigenvalue weighted by molar-refractivity contribution is 0.354. The van der Waals surface area contributed by atoms with Crippen LogP contribution >= 0.6 is 0 Å². The van der Waals surface area contributed by atoms with Gasteiger partial charge in [-0.3, -0.25) is 0 Å². The van der Waals surface area contributed by atoms with Gasteiger partial charge in [-0.2, -0.15) is 0 Å². The zero-order valence-corrected chi connectivity index (χ0v) is 10.0. The highest BCUT2D eigenvalue weighted by atomic mass is 14.9. The SMILES string of the molecule is CNC(C)C1CCc2ccc(C)cc2C1. The van der Waals surface area contributed by atoms with Crippen molar-refractivity contribution < 1.29 is 0 Å². The average molecular weight is 203 g/mol. The summed E-state index contributed by atoms with van der Waals surface area (Å²) in [6, 6.07) is 7.55. The number of aryl methyl sites for hydroxylation is 2. The molecule has 15 heavy (non-hydrogen) atoms. The maximum Gasteiger partial charge on any atom is 0.00672 e. The van der Waals surface area contributed by atoms with Gasteiger partial charge >= 0.3 is 0 Å². The lowest BCUT2D eigenvalue weighted by atomic mass is 9.80. The predicted molar refractivity (Wildman–Crippen MR) is 65.2 cm³/mol. The summed E-state index contributed by atoms with van der Waals surface area (Å²) in [6.07, 6.45) is 3.84. The molecule has 0 aliphatic heterocycles. The van der Waals surface area contributed by atoms with Crippen LogP contribution in [0.15, 0.2) is 18.2 Å². The molecule has 0 aromatic heterocycles. The van der Waals surface area contributed by atoms with Crippen LogP contribution in [-0.4, -0.2) is 13.1 Å². The van der Waals surface area contributed by atoms with Gasteiger partial charge in [0.1, 0.15) is 0 Å². The van der Waals surface area contributed by atoms with Crippen molar-refractivity contribution in [1.82, 2.24) is 5.32 Å². The summed E-state index contributed by atoms with van der Waals surface area (Å²) >= 11 is 0. The van der Waals surface area contributed by atoms with Gasteiger partial charge in [0, 0.05) is 6.04 Å². The van der Waals surface area contributed by atoms with E-state index >= 15 is 0 Å². The lowest BCUT2D eigenvalue weighted by Crippen LogP contribution is -2.34. The first kappa shape index (κ1) is 10.7. The zero-order chi connectivity index (χ0) is 10.8. The highest BCUT2D eigenvalue weighted by Crippen LogP contribution is 2.28. The van der Waals surface area contributed by atoms with Gasteiger partial charge in [0.05, 0.1) is 0 Å². The Balaban J connectivity index is 2.18. The molecule has 0 spiro atoms. The van der Waals surface area contributed by atoms with E-state index < -0.39 is 0 Å². The molecule has 2 unspecified atom stereocenters. The quantitative estimate of drug-likeness (QED) is 0.779. The third kappa shape index (κ3) is 2.23. The molecule has 1 aliphatic carbocycles. The van der Waals surface area contributed by atoms with Crippen molar-refractivity contribution in [3.63, 3.8) is 0 Å². The van der Waals surface area contributed by atoms with Crippen molar-refractivity contribution in [2.24, 2.45) is 5.92 Å². The Morgan fingerprint density at radius 2 is 2.13 bits per heavy atom. The fraction of sp³-hybridized carbons (Fsp3) is 0.571. The second kappa shape index (κ2) is 4.36. The highest BCUT2D eigenvalue weighted by molar-refractivity contribution is 5.33. The summed E-state index contributed by atoms with van der Waals surface area (Å²) in [5.41, 5.74) is 4.54. The molecule has 0 radical (unpaired) electrons. The van der Waals surface area contributed by atoms with Crippen LogP contribution in [0.3, 0.4) is 0 Å². The molecule has 0 fully saturated rings. The molecule has 0 bridgehead atoms. The van der Waals surface area contributed by atoms with Gasteiger partial charge in [0.15, 0.2) is 0 Å². The third-order valence-electron chi connectivity index (χ3n) is 3.79. The maximum absolute atomic E-state index is 3.38. The minimum atomic E-state index is 0.638. The van der Waals surface area contributed by atoms with Gasteiger partial charge in [-0.15, -0.1) is 0 Å². The van der Waals surface area contributed by atoms with Crippen LogP contribution < -0.4 is 5.32 Å². The summed E-state index contributed by atoms with van der Waals surface area (Å²) in [6.45, 7) is 4.48. The lowest BCUT2D eigenvalue weighted by Gasteiger charge is -2.29. The second-order valence-corrected chi connectivity index (χ2v) is 4.85. The van der Waals surface area contributed by atoms with Crippen LogP contribution in [0.1, 0.15) is 30.0 Å². The van der Waals surface area contributed by atoms with Gasteiger partial charge < -0.3 is 5.32 Å². The molecule has 0 heterocycles. The van der Waals surface area contributed by atoms with Crippen LogP contribution in [0.4, 0.5) is 0 Å². The normalized spacial score (nSPS) is 22.2. The zero-order valence-electron chi connectivity index (χ0n) is 10.0. The van der Waals surface area contributed by atoms with Crippen molar-refractivity contribution in [2.75, 3.05) is 7.05 Å². The van der Waals surface area contributed by atoms with Crippen LogP contribution in [0.5, 0.6) is 0 Å². The van der Waals surface area contributed by atoms with E-state index in [1.807, 2.05) is 0 Å². The van der Waals surface area contributed by atoms with E-state index in [0.29, 0.717) is 6.04 Å². The molecule has 1 aromatic rings. The summed E-state index contributed by atoms with van der Waals surface area (Å²) in [5.74, 6) is 0.810. The molecule has 1 nitrogen and oxygen atoms in total. The van der Waals surface area contributed by atoms with Gasteiger partial charge in [0.25, 0.3) is 0 Å². The monoisotopic (exact) mass is 203 g/mol. The molecule has 1 N–H and O–H groups in total. The molecule has 82 valence electrons. The predicted octanol–water partition coefficient (Wildman–Crippen LogP) is 2.71. The number of hydrogen-bond donors (Lipinski definition) is 1. The van der Waals surface area contributed by atoms with E-state index in [1.54, 1.807) is 11.1 Å². The molecule has 2 rings (SSSR count). The molecule has 1 aromatic carbocycles. The van der Waals surface area contributed by atoms with E-state index in [0.717, 1.165) is 5.92 Å². The van der Waals surface area contributed by atoms with Crippen LogP contribution in [0.2, 0.25) is 0 Å². The smallest absolute Gasteiger partial charge is 0.00672 e. The van der Waals surface area contributed by atoms with E-state index in [2.05, 4.69) is 44.4 Å². The van der Waals surface area contributed by atoms with Gasteiger partial charge in [-0.25, -0.2) is 0 Å². The summed E-state index contributed by atoms with van der Waals surface area (Å²) < 4.78 is 0. The van der Waals surface area contributed by atoms with Crippen LogP contribution in [0.25, 0.3) is 0 Å². The minimum absolute atomic E-state index is 0.638. The molecular formula is C14H21N. The molecule has 1 heteroatoms.